The summed E-state index contributed by atoms with van der Waals surface area (Å²) in [6.45, 7) is 2.01. The zero-order chi connectivity index (χ0) is 11.1. The van der Waals surface area contributed by atoms with Gasteiger partial charge in [0.1, 0.15) is 11.6 Å². The second kappa shape index (κ2) is 3.85. The van der Waals surface area contributed by atoms with Gasteiger partial charge in [-0.3, -0.25) is 0 Å². The average molecular weight is 275 g/mol. The van der Waals surface area contributed by atoms with Crippen molar-refractivity contribution in [3.63, 3.8) is 0 Å². The highest BCUT2D eigenvalue weighted by atomic mass is 79.9. The van der Waals surface area contributed by atoms with E-state index in [1.54, 1.807) is 0 Å². The maximum absolute atomic E-state index is 13.6. The van der Waals surface area contributed by atoms with Crippen molar-refractivity contribution in [2.24, 2.45) is 0 Å². The minimum Gasteiger partial charge on any atom is -0.207 e. The number of rotatable bonds is 1. The fourth-order valence-corrected chi connectivity index (χ4v) is 3.32. The molecular weight excluding hydrogens is 262 g/mol. The van der Waals surface area contributed by atoms with E-state index in [1.165, 1.54) is 18.2 Å². The van der Waals surface area contributed by atoms with Gasteiger partial charge in [0.25, 0.3) is 0 Å². The van der Waals surface area contributed by atoms with Crippen LogP contribution in [0.15, 0.2) is 18.2 Å². The molecule has 1 aromatic carbocycles. The Morgan fingerprint density at radius 3 is 2.73 bits per heavy atom. The maximum atomic E-state index is 13.6. The molecule has 0 spiro atoms. The predicted octanol–water partition coefficient (Wildman–Crippen LogP) is 4.17. The normalized spacial score (nSPS) is 30.8. The van der Waals surface area contributed by atoms with Crippen LogP contribution >= 0.6 is 15.9 Å². The molecular formula is C12H13BrF2. The van der Waals surface area contributed by atoms with Crippen molar-refractivity contribution in [3.05, 3.63) is 35.4 Å². The third-order valence-corrected chi connectivity index (χ3v) is 4.04. The Balaban J connectivity index is 2.40. The third-order valence-electron chi connectivity index (χ3n) is 3.26. The molecule has 1 aliphatic rings. The van der Waals surface area contributed by atoms with Gasteiger partial charge >= 0.3 is 0 Å². The largest absolute Gasteiger partial charge is 0.207 e. The standard InChI is InChI=1S/C12H13BrF2/c1-12(5-4-8(13)7-12)10-6-9(14)2-3-11(10)15/h2-3,6,8H,4-5,7H2,1H3. The molecule has 0 saturated heterocycles. The zero-order valence-corrected chi connectivity index (χ0v) is 10.2. The maximum Gasteiger partial charge on any atom is 0.127 e. The van der Waals surface area contributed by atoms with E-state index in [4.69, 9.17) is 0 Å². The van der Waals surface area contributed by atoms with Gasteiger partial charge in [-0.05, 0) is 48.4 Å². The van der Waals surface area contributed by atoms with Crippen molar-refractivity contribution in [2.75, 3.05) is 0 Å². The fourth-order valence-electron chi connectivity index (χ4n) is 2.37. The Hall–Kier alpha value is -0.440. The summed E-state index contributed by atoms with van der Waals surface area (Å²) in [5.41, 5.74) is 0.296. The van der Waals surface area contributed by atoms with Gasteiger partial charge in [-0.15, -0.1) is 0 Å². The molecule has 3 heteroatoms. The van der Waals surface area contributed by atoms with Crippen LogP contribution in [0.4, 0.5) is 8.78 Å². The van der Waals surface area contributed by atoms with Crippen molar-refractivity contribution in [1.29, 1.82) is 0 Å². The van der Waals surface area contributed by atoms with E-state index in [9.17, 15) is 8.78 Å². The molecule has 0 N–H and O–H groups in total. The number of halogens is 3. The molecule has 1 aliphatic carbocycles. The van der Waals surface area contributed by atoms with Gasteiger partial charge < -0.3 is 0 Å². The molecule has 82 valence electrons. The van der Waals surface area contributed by atoms with Crippen molar-refractivity contribution in [2.45, 2.75) is 36.4 Å². The van der Waals surface area contributed by atoms with Crippen LogP contribution in [-0.2, 0) is 5.41 Å². The molecule has 1 fully saturated rings. The van der Waals surface area contributed by atoms with Crippen LogP contribution < -0.4 is 0 Å². The smallest absolute Gasteiger partial charge is 0.127 e. The Kier molecular flexibility index (Phi) is 2.84. The lowest BCUT2D eigenvalue weighted by atomic mass is 9.81. The van der Waals surface area contributed by atoms with Gasteiger partial charge in [0, 0.05) is 4.83 Å². The van der Waals surface area contributed by atoms with E-state index in [2.05, 4.69) is 15.9 Å². The van der Waals surface area contributed by atoms with Gasteiger partial charge in [-0.2, -0.15) is 0 Å². The molecule has 0 heterocycles. The summed E-state index contributed by atoms with van der Waals surface area (Å²) >= 11 is 3.54. The molecule has 1 saturated carbocycles. The average Bonchev–Trinajstić information content (AvgIpc) is 2.52. The van der Waals surface area contributed by atoms with Crippen molar-refractivity contribution < 1.29 is 8.78 Å². The van der Waals surface area contributed by atoms with Crippen LogP contribution in [-0.4, -0.2) is 4.83 Å². The second-order valence-corrected chi connectivity index (χ2v) is 5.82. The molecule has 0 amide bonds. The Morgan fingerprint density at radius 1 is 1.40 bits per heavy atom. The summed E-state index contributed by atoms with van der Waals surface area (Å²) in [6, 6.07) is 3.72. The summed E-state index contributed by atoms with van der Waals surface area (Å²) in [5, 5.41) is 0. The third kappa shape index (κ3) is 2.07. The van der Waals surface area contributed by atoms with Gasteiger partial charge in [0.15, 0.2) is 0 Å². The molecule has 1 aromatic rings. The zero-order valence-electron chi connectivity index (χ0n) is 8.56. The van der Waals surface area contributed by atoms with Crippen LogP contribution in [0.3, 0.4) is 0 Å². The second-order valence-electron chi connectivity index (χ2n) is 4.52. The van der Waals surface area contributed by atoms with Crippen molar-refractivity contribution in [3.8, 4) is 0 Å². The number of hydrogen-bond acceptors (Lipinski definition) is 0. The molecule has 2 unspecified atom stereocenters. The summed E-state index contributed by atoms with van der Waals surface area (Å²) in [6.07, 6.45) is 2.79. The number of alkyl halides is 1. The van der Waals surface area contributed by atoms with Crippen molar-refractivity contribution in [1.82, 2.24) is 0 Å². The molecule has 2 atom stereocenters. The Bertz CT molecular complexity index is 378. The first-order chi connectivity index (χ1) is 7.01. The first-order valence-corrected chi connectivity index (χ1v) is 6.02. The van der Waals surface area contributed by atoms with E-state index in [0.29, 0.717) is 10.4 Å². The SMILES string of the molecule is CC1(c2cc(F)ccc2F)CCC(Br)C1. The quantitative estimate of drug-likeness (QED) is 0.675. The summed E-state index contributed by atoms with van der Waals surface area (Å²) in [4.78, 5) is 0.421. The summed E-state index contributed by atoms with van der Waals surface area (Å²) in [7, 11) is 0. The number of benzene rings is 1. The molecule has 0 radical (unpaired) electrons. The highest BCUT2D eigenvalue weighted by Gasteiger charge is 2.37. The van der Waals surface area contributed by atoms with E-state index in [1.807, 2.05) is 6.92 Å². The lowest BCUT2D eigenvalue weighted by molar-refractivity contribution is 0.453. The highest BCUT2D eigenvalue weighted by Crippen LogP contribution is 2.44. The first-order valence-electron chi connectivity index (χ1n) is 5.11. The minimum absolute atomic E-state index is 0.222. The van der Waals surface area contributed by atoms with Gasteiger partial charge in [0.05, 0.1) is 0 Å². The first kappa shape index (κ1) is 11.1. The van der Waals surface area contributed by atoms with Crippen LogP contribution in [0.2, 0.25) is 0 Å². The minimum atomic E-state index is -0.356. The lowest BCUT2D eigenvalue weighted by Crippen LogP contribution is -2.20. The lowest BCUT2D eigenvalue weighted by Gasteiger charge is -2.24. The van der Waals surface area contributed by atoms with Gasteiger partial charge in [0.2, 0.25) is 0 Å². The van der Waals surface area contributed by atoms with Gasteiger partial charge in [-0.25, -0.2) is 8.78 Å². The molecule has 2 rings (SSSR count). The molecule has 15 heavy (non-hydrogen) atoms. The van der Waals surface area contributed by atoms with Gasteiger partial charge in [-0.1, -0.05) is 22.9 Å². The predicted molar refractivity (Wildman–Crippen MR) is 60.3 cm³/mol. The Labute approximate surface area is 96.8 Å². The highest BCUT2D eigenvalue weighted by molar-refractivity contribution is 9.09. The summed E-state index contributed by atoms with van der Waals surface area (Å²) in [5.74, 6) is -0.647. The van der Waals surface area contributed by atoms with Crippen molar-refractivity contribution >= 4 is 15.9 Å². The molecule has 0 aliphatic heterocycles. The van der Waals surface area contributed by atoms with Crippen LogP contribution in [0.25, 0.3) is 0 Å². The Morgan fingerprint density at radius 2 is 2.13 bits per heavy atom. The van der Waals surface area contributed by atoms with E-state index < -0.39 is 0 Å². The van der Waals surface area contributed by atoms with E-state index >= 15 is 0 Å². The van der Waals surface area contributed by atoms with Crippen LogP contribution in [0, 0.1) is 11.6 Å². The van der Waals surface area contributed by atoms with E-state index in [-0.39, 0.29) is 17.0 Å². The number of hydrogen-bond donors (Lipinski definition) is 0. The van der Waals surface area contributed by atoms with Crippen LogP contribution in [0.1, 0.15) is 31.7 Å². The fraction of sp³-hybridized carbons (Fsp3) is 0.500. The molecule has 0 nitrogen and oxygen atoms in total. The van der Waals surface area contributed by atoms with E-state index in [0.717, 1.165) is 19.3 Å². The van der Waals surface area contributed by atoms with Crippen LogP contribution in [0.5, 0.6) is 0 Å². The molecule has 0 aromatic heterocycles. The topological polar surface area (TPSA) is 0 Å². The summed E-state index contributed by atoms with van der Waals surface area (Å²) < 4.78 is 26.7. The molecule has 0 bridgehead atoms. The monoisotopic (exact) mass is 274 g/mol.